The molecule has 0 aliphatic carbocycles. The molecule has 0 bridgehead atoms. The van der Waals surface area contributed by atoms with Crippen molar-refractivity contribution in [1.29, 1.82) is 0 Å². The van der Waals surface area contributed by atoms with Crippen LogP contribution >= 0.6 is 0 Å². The minimum atomic E-state index is -0.607. The fourth-order valence-electron chi connectivity index (χ4n) is 2.61. The van der Waals surface area contributed by atoms with Crippen molar-refractivity contribution in [2.45, 2.75) is 0 Å². The normalized spacial score (nSPS) is 10.3. The van der Waals surface area contributed by atoms with E-state index in [1.54, 1.807) is 62.8 Å². The zero-order valence-corrected chi connectivity index (χ0v) is 16.1. The molecule has 1 heterocycles. The molecule has 3 rings (SSSR count). The van der Waals surface area contributed by atoms with Gasteiger partial charge in [0.2, 0.25) is 0 Å². The minimum absolute atomic E-state index is 0.118. The molecular weight excluding hydrogens is 374 g/mol. The molecule has 0 saturated heterocycles. The summed E-state index contributed by atoms with van der Waals surface area (Å²) in [6.45, 7) is 0.542. The Bertz CT molecular complexity index is 1030. The highest BCUT2D eigenvalue weighted by Crippen LogP contribution is 2.21. The van der Waals surface area contributed by atoms with E-state index in [0.717, 1.165) is 5.75 Å². The van der Waals surface area contributed by atoms with Gasteiger partial charge >= 0.3 is 5.69 Å². The van der Waals surface area contributed by atoms with Crippen LogP contribution in [0.2, 0.25) is 0 Å². The largest absolute Gasteiger partial charge is 0.497 e. The number of carbonyl (C=O) groups is 1. The van der Waals surface area contributed by atoms with Crippen molar-refractivity contribution >= 4 is 5.91 Å². The van der Waals surface area contributed by atoms with Crippen LogP contribution in [0.1, 0.15) is 10.5 Å². The Labute approximate surface area is 167 Å². The van der Waals surface area contributed by atoms with Crippen molar-refractivity contribution < 1.29 is 19.0 Å². The number of benzene rings is 2. The summed E-state index contributed by atoms with van der Waals surface area (Å²) in [5.41, 5.74) is 0.567. The van der Waals surface area contributed by atoms with Crippen molar-refractivity contribution in [1.82, 2.24) is 15.3 Å². The van der Waals surface area contributed by atoms with Gasteiger partial charge in [-0.05, 0) is 42.5 Å². The maximum atomic E-state index is 12.4. The number of rotatable bonds is 8. The molecule has 1 aromatic heterocycles. The highest BCUT2D eigenvalue weighted by atomic mass is 16.5. The Morgan fingerprint density at radius 3 is 2.45 bits per heavy atom. The third-order valence-corrected chi connectivity index (χ3v) is 4.07. The van der Waals surface area contributed by atoms with Crippen molar-refractivity contribution in [2.75, 3.05) is 27.4 Å². The highest BCUT2D eigenvalue weighted by molar-refractivity contribution is 5.93. The predicted octanol–water partition coefficient (Wildman–Crippen LogP) is 2.26. The number of carbonyl (C=O) groups excluding carboxylic acids is 1. The second-order valence-electron chi connectivity index (χ2n) is 6.00. The zero-order chi connectivity index (χ0) is 20.6. The van der Waals surface area contributed by atoms with E-state index in [1.807, 2.05) is 0 Å². The van der Waals surface area contributed by atoms with Gasteiger partial charge in [0, 0.05) is 5.56 Å². The van der Waals surface area contributed by atoms with E-state index in [1.165, 1.54) is 6.07 Å². The molecule has 0 spiro atoms. The molecule has 3 aromatic rings. The first-order valence-electron chi connectivity index (χ1n) is 8.90. The van der Waals surface area contributed by atoms with Gasteiger partial charge in [-0.1, -0.05) is 12.1 Å². The number of H-pyrrole nitrogens is 1. The van der Waals surface area contributed by atoms with Gasteiger partial charge in [-0.15, -0.1) is 0 Å². The van der Waals surface area contributed by atoms with Crippen LogP contribution in [-0.2, 0) is 0 Å². The number of hydrogen-bond acceptors (Lipinski definition) is 6. The van der Waals surface area contributed by atoms with Crippen molar-refractivity contribution in [3.63, 3.8) is 0 Å². The van der Waals surface area contributed by atoms with Crippen LogP contribution in [0.25, 0.3) is 11.3 Å². The average molecular weight is 395 g/mol. The van der Waals surface area contributed by atoms with Crippen LogP contribution in [0.3, 0.4) is 0 Å². The van der Waals surface area contributed by atoms with Gasteiger partial charge in [-0.25, -0.2) is 4.79 Å². The molecule has 0 unspecified atom stereocenters. The highest BCUT2D eigenvalue weighted by Gasteiger charge is 2.11. The van der Waals surface area contributed by atoms with Crippen LogP contribution in [0.5, 0.6) is 17.2 Å². The van der Waals surface area contributed by atoms with E-state index >= 15 is 0 Å². The number of hydrogen-bond donors (Lipinski definition) is 2. The smallest absolute Gasteiger partial charge is 0.346 e. The van der Waals surface area contributed by atoms with Gasteiger partial charge in [0.1, 0.15) is 29.5 Å². The number of nitrogens with one attached hydrogen (secondary N) is 2. The summed E-state index contributed by atoms with van der Waals surface area (Å²) in [5.74, 6) is 1.61. The topological polar surface area (TPSA) is 103 Å². The molecule has 8 heteroatoms. The van der Waals surface area contributed by atoms with Gasteiger partial charge in [0.05, 0.1) is 26.5 Å². The van der Waals surface area contributed by atoms with E-state index in [2.05, 4.69) is 15.3 Å². The number of aromatic amines is 1. The van der Waals surface area contributed by atoms with E-state index in [9.17, 15) is 9.59 Å². The standard InChI is InChI=1S/C21H21N3O5/c1-27-15-6-8-16(9-7-15)29-11-10-22-20(25)19-13-18(23-21(26)24-19)14-4-3-5-17(12-14)28-2/h3-9,12-13H,10-11H2,1-2H3,(H,22,25)(H,23,24,26). The Hall–Kier alpha value is -3.81. The van der Waals surface area contributed by atoms with Crippen molar-refractivity contribution in [3.05, 3.63) is 70.8 Å². The maximum Gasteiger partial charge on any atom is 0.346 e. The first kappa shape index (κ1) is 19.9. The lowest BCUT2D eigenvalue weighted by molar-refractivity contribution is 0.0941. The fourth-order valence-corrected chi connectivity index (χ4v) is 2.61. The predicted molar refractivity (Wildman–Crippen MR) is 108 cm³/mol. The molecule has 0 fully saturated rings. The number of nitrogens with zero attached hydrogens (tertiary/aromatic N) is 1. The van der Waals surface area contributed by atoms with Crippen LogP contribution < -0.4 is 25.2 Å². The molecular formula is C21H21N3O5. The van der Waals surface area contributed by atoms with Crippen LogP contribution in [0, 0.1) is 0 Å². The van der Waals surface area contributed by atoms with E-state index in [4.69, 9.17) is 14.2 Å². The minimum Gasteiger partial charge on any atom is -0.497 e. The monoisotopic (exact) mass is 395 g/mol. The number of aromatic nitrogens is 2. The van der Waals surface area contributed by atoms with Crippen LogP contribution in [-0.4, -0.2) is 43.2 Å². The maximum absolute atomic E-state index is 12.4. The summed E-state index contributed by atoms with van der Waals surface area (Å²) in [6.07, 6.45) is 0. The van der Waals surface area contributed by atoms with Gasteiger partial charge in [-0.3, -0.25) is 4.79 Å². The number of ether oxygens (including phenoxy) is 3. The third-order valence-electron chi connectivity index (χ3n) is 4.07. The van der Waals surface area contributed by atoms with E-state index in [-0.39, 0.29) is 18.8 Å². The Kier molecular flexibility index (Phi) is 6.47. The Morgan fingerprint density at radius 1 is 1.00 bits per heavy atom. The first-order valence-corrected chi connectivity index (χ1v) is 8.90. The molecule has 0 aliphatic heterocycles. The van der Waals surface area contributed by atoms with Gasteiger partial charge in [0.25, 0.3) is 5.91 Å². The van der Waals surface area contributed by atoms with Gasteiger partial charge in [0.15, 0.2) is 0 Å². The average Bonchev–Trinajstić information content (AvgIpc) is 2.76. The lowest BCUT2D eigenvalue weighted by Crippen LogP contribution is -2.30. The second kappa shape index (κ2) is 9.41. The Morgan fingerprint density at radius 2 is 1.72 bits per heavy atom. The zero-order valence-electron chi connectivity index (χ0n) is 16.1. The molecule has 150 valence electrons. The number of amides is 1. The number of methoxy groups -OCH3 is 2. The molecule has 2 N–H and O–H groups in total. The summed E-state index contributed by atoms with van der Waals surface area (Å²) < 4.78 is 15.8. The molecule has 29 heavy (non-hydrogen) atoms. The molecule has 1 amide bonds. The van der Waals surface area contributed by atoms with Crippen molar-refractivity contribution in [2.24, 2.45) is 0 Å². The third kappa shape index (κ3) is 5.35. The molecule has 0 saturated carbocycles. The summed E-state index contributed by atoms with van der Waals surface area (Å²) in [4.78, 5) is 30.7. The van der Waals surface area contributed by atoms with E-state index < -0.39 is 11.6 Å². The lowest BCUT2D eigenvalue weighted by atomic mass is 10.1. The summed E-state index contributed by atoms with van der Waals surface area (Å²) in [6, 6.07) is 15.8. The van der Waals surface area contributed by atoms with Gasteiger partial charge in [-0.2, -0.15) is 4.98 Å². The second-order valence-corrected chi connectivity index (χ2v) is 6.00. The summed E-state index contributed by atoms with van der Waals surface area (Å²) in [7, 11) is 3.14. The quantitative estimate of drug-likeness (QED) is 0.567. The molecule has 0 radical (unpaired) electrons. The molecule has 0 aliphatic rings. The van der Waals surface area contributed by atoms with Crippen molar-refractivity contribution in [3.8, 4) is 28.5 Å². The molecule has 2 aromatic carbocycles. The molecule has 8 nitrogen and oxygen atoms in total. The fraction of sp³-hybridized carbons (Fsp3) is 0.190. The SMILES string of the molecule is COc1ccc(OCCNC(=O)c2cc(-c3cccc(OC)c3)nc(=O)[nH]2)cc1. The lowest BCUT2D eigenvalue weighted by Gasteiger charge is -2.09. The van der Waals surface area contributed by atoms with Crippen LogP contribution in [0.4, 0.5) is 0 Å². The summed E-state index contributed by atoms with van der Waals surface area (Å²) in [5, 5.41) is 2.71. The molecule has 0 atom stereocenters. The van der Waals surface area contributed by atoms with Gasteiger partial charge < -0.3 is 24.5 Å². The van der Waals surface area contributed by atoms with Crippen LogP contribution in [0.15, 0.2) is 59.4 Å². The summed E-state index contributed by atoms with van der Waals surface area (Å²) >= 11 is 0. The Balaban J connectivity index is 1.61. The van der Waals surface area contributed by atoms with E-state index in [0.29, 0.717) is 22.8 Å². The first-order chi connectivity index (χ1) is 14.1.